The fourth-order valence-electron chi connectivity index (χ4n) is 1.29. The zero-order valence-corrected chi connectivity index (χ0v) is 10.5. The Labute approximate surface area is 108 Å². The van der Waals surface area contributed by atoms with Gasteiger partial charge in [0.15, 0.2) is 0 Å². The van der Waals surface area contributed by atoms with E-state index in [0.29, 0.717) is 5.02 Å². The van der Waals surface area contributed by atoms with Gasteiger partial charge < -0.3 is 0 Å². The van der Waals surface area contributed by atoms with Gasteiger partial charge in [-0.05, 0) is 24.3 Å². The van der Waals surface area contributed by atoms with Gasteiger partial charge in [0.2, 0.25) is 0 Å². The number of benzene rings is 1. The van der Waals surface area contributed by atoms with E-state index in [9.17, 15) is 12.8 Å². The molecule has 0 saturated heterocycles. The second kappa shape index (κ2) is 4.91. The number of hydrogen-bond donors (Lipinski definition) is 1. The Bertz CT molecular complexity index is 676. The van der Waals surface area contributed by atoms with Crippen LogP contribution < -0.4 is 4.72 Å². The first-order valence-electron chi connectivity index (χ1n) is 4.87. The predicted molar refractivity (Wildman–Crippen MR) is 66.5 cm³/mol. The van der Waals surface area contributed by atoms with Crippen LogP contribution in [0, 0.1) is 5.82 Å². The monoisotopic (exact) mass is 286 g/mol. The van der Waals surface area contributed by atoms with Crippen LogP contribution in [0.15, 0.2) is 47.5 Å². The highest BCUT2D eigenvalue weighted by Gasteiger charge is 2.15. The van der Waals surface area contributed by atoms with Crippen molar-refractivity contribution in [1.82, 2.24) is 4.98 Å². The summed E-state index contributed by atoms with van der Waals surface area (Å²) in [4.78, 5) is 3.63. The zero-order valence-electron chi connectivity index (χ0n) is 8.97. The van der Waals surface area contributed by atoms with Gasteiger partial charge >= 0.3 is 0 Å². The molecule has 0 unspecified atom stereocenters. The molecule has 0 amide bonds. The highest BCUT2D eigenvalue weighted by atomic mass is 35.5. The first-order valence-corrected chi connectivity index (χ1v) is 6.73. The number of aromatic nitrogens is 1. The summed E-state index contributed by atoms with van der Waals surface area (Å²) in [6, 6.07) is 7.56. The maximum absolute atomic E-state index is 13.0. The molecule has 7 heteroatoms. The van der Waals surface area contributed by atoms with Crippen molar-refractivity contribution in [3.8, 4) is 0 Å². The average molecular weight is 287 g/mol. The number of halogens is 2. The minimum absolute atomic E-state index is 0.0757. The molecule has 1 heterocycles. The molecule has 1 aromatic heterocycles. The smallest absolute Gasteiger partial charge is 0.263 e. The lowest BCUT2D eigenvalue weighted by molar-refractivity contribution is 0.595. The van der Waals surface area contributed by atoms with E-state index in [1.807, 2.05) is 0 Å². The number of pyridine rings is 1. The normalized spacial score (nSPS) is 11.2. The van der Waals surface area contributed by atoms with Crippen molar-refractivity contribution in [1.29, 1.82) is 0 Å². The molecule has 2 rings (SSSR count). The molecular weight excluding hydrogens is 279 g/mol. The van der Waals surface area contributed by atoms with E-state index in [1.165, 1.54) is 30.5 Å². The first kappa shape index (κ1) is 12.8. The third kappa shape index (κ3) is 2.96. The lowest BCUT2D eigenvalue weighted by Gasteiger charge is -2.07. The third-order valence-corrected chi connectivity index (χ3v) is 3.65. The van der Waals surface area contributed by atoms with Crippen molar-refractivity contribution in [2.24, 2.45) is 0 Å². The summed E-state index contributed by atoms with van der Waals surface area (Å²) in [6.07, 6.45) is 1.37. The lowest BCUT2D eigenvalue weighted by Crippen LogP contribution is -2.13. The fourth-order valence-corrected chi connectivity index (χ4v) is 2.48. The van der Waals surface area contributed by atoms with Gasteiger partial charge in [0.25, 0.3) is 10.0 Å². The zero-order chi connectivity index (χ0) is 13.2. The maximum Gasteiger partial charge on any atom is 0.263 e. The van der Waals surface area contributed by atoms with Crippen LogP contribution in [-0.2, 0) is 10.0 Å². The molecule has 0 spiro atoms. The van der Waals surface area contributed by atoms with Crippen molar-refractivity contribution in [3.05, 3.63) is 53.4 Å². The Morgan fingerprint density at radius 3 is 2.67 bits per heavy atom. The molecule has 0 aliphatic rings. The van der Waals surface area contributed by atoms with Crippen molar-refractivity contribution in [2.45, 2.75) is 4.90 Å². The molecule has 1 N–H and O–H groups in total. The van der Waals surface area contributed by atoms with Crippen molar-refractivity contribution in [3.63, 3.8) is 0 Å². The third-order valence-electron chi connectivity index (χ3n) is 2.07. The second-order valence-electron chi connectivity index (χ2n) is 3.42. The van der Waals surface area contributed by atoms with Gasteiger partial charge in [-0.15, -0.1) is 0 Å². The van der Waals surface area contributed by atoms with Crippen LogP contribution in [-0.4, -0.2) is 13.4 Å². The number of hydrogen-bond acceptors (Lipinski definition) is 3. The lowest BCUT2D eigenvalue weighted by atomic mass is 10.4. The van der Waals surface area contributed by atoms with E-state index >= 15 is 0 Å². The molecule has 0 fully saturated rings. The van der Waals surface area contributed by atoms with E-state index in [1.54, 1.807) is 0 Å². The van der Waals surface area contributed by atoms with E-state index in [4.69, 9.17) is 11.6 Å². The molecule has 0 bridgehead atoms. The SMILES string of the molecule is O=S(=O)(Nc1cc(Cl)ccn1)c1cccc(F)c1. The topological polar surface area (TPSA) is 59.1 Å². The van der Waals surface area contributed by atoms with Crippen LogP contribution in [0.5, 0.6) is 0 Å². The summed E-state index contributed by atoms with van der Waals surface area (Å²) in [5.74, 6) is -0.552. The molecule has 18 heavy (non-hydrogen) atoms. The molecule has 4 nitrogen and oxygen atoms in total. The van der Waals surface area contributed by atoms with Crippen LogP contribution in [0.25, 0.3) is 0 Å². The number of nitrogens with one attached hydrogen (secondary N) is 1. The number of anilines is 1. The standard InChI is InChI=1S/C11H8ClFN2O2S/c12-8-4-5-14-11(6-8)15-18(16,17)10-3-1-2-9(13)7-10/h1-7H,(H,14,15). The van der Waals surface area contributed by atoms with Crippen molar-refractivity contribution < 1.29 is 12.8 Å². The fraction of sp³-hybridized carbons (Fsp3) is 0. The molecule has 0 radical (unpaired) electrons. The first-order chi connectivity index (χ1) is 8.47. The van der Waals surface area contributed by atoms with Gasteiger partial charge in [0, 0.05) is 17.3 Å². The van der Waals surface area contributed by atoms with Crippen molar-refractivity contribution in [2.75, 3.05) is 4.72 Å². The molecule has 94 valence electrons. The van der Waals surface area contributed by atoms with Gasteiger partial charge in [0.1, 0.15) is 11.6 Å². The molecule has 1 aromatic carbocycles. The minimum atomic E-state index is -3.86. The van der Waals surface area contributed by atoms with E-state index in [0.717, 1.165) is 12.1 Å². The largest absolute Gasteiger partial charge is 0.263 e. The van der Waals surface area contributed by atoms with Crippen LogP contribution in [0.1, 0.15) is 0 Å². The number of sulfonamides is 1. The van der Waals surface area contributed by atoms with E-state index < -0.39 is 15.8 Å². The van der Waals surface area contributed by atoms with Gasteiger partial charge in [-0.1, -0.05) is 17.7 Å². The average Bonchev–Trinajstić information content (AvgIpc) is 2.28. The molecule has 0 aliphatic carbocycles. The van der Waals surface area contributed by atoms with Gasteiger partial charge in [-0.25, -0.2) is 17.8 Å². The van der Waals surface area contributed by atoms with Crippen LogP contribution >= 0.6 is 11.6 Å². The predicted octanol–water partition coefficient (Wildman–Crippen LogP) is 2.67. The molecule has 2 aromatic rings. The quantitative estimate of drug-likeness (QED) is 0.944. The minimum Gasteiger partial charge on any atom is -0.263 e. The number of rotatable bonds is 3. The highest BCUT2D eigenvalue weighted by molar-refractivity contribution is 7.92. The van der Waals surface area contributed by atoms with Gasteiger partial charge in [0.05, 0.1) is 4.90 Å². The summed E-state index contributed by atoms with van der Waals surface area (Å²) in [5, 5.41) is 0.349. The van der Waals surface area contributed by atoms with Gasteiger partial charge in [-0.2, -0.15) is 0 Å². The Hall–Kier alpha value is -1.66. The summed E-state index contributed by atoms with van der Waals surface area (Å²) in [6.45, 7) is 0. The Kier molecular flexibility index (Phi) is 3.49. The summed E-state index contributed by atoms with van der Waals surface area (Å²) in [5.41, 5.74) is 0. The highest BCUT2D eigenvalue weighted by Crippen LogP contribution is 2.17. The molecule has 0 atom stereocenters. The van der Waals surface area contributed by atoms with Crippen LogP contribution in [0.2, 0.25) is 5.02 Å². The summed E-state index contributed by atoms with van der Waals surface area (Å²) >= 11 is 5.71. The molecular formula is C11H8ClFN2O2S. The van der Waals surface area contributed by atoms with E-state index in [2.05, 4.69) is 9.71 Å². The molecule has 0 saturated carbocycles. The summed E-state index contributed by atoms with van der Waals surface area (Å²) in [7, 11) is -3.86. The molecule has 0 aliphatic heterocycles. The van der Waals surface area contributed by atoms with Gasteiger partial charge in [-0.3, -0.25) is 4.72 Å². The second-order valence-corrected chi connectivity index (χ2v) is 5.54. The maximum atomic E-state index is 13.0. The van der Waals surface area contributed by atoms with Crippen molar-refractivity contribution >= 4 is 27.4 Å². The Morgan fingerprint density at radius 2 is 2.00 bits per heavy atom. The Morgan fingerprint density at radius 1 is 1.22 bits per heavy atom. The van der Waals surface area contributed by atoms with E-state index in [-0.39, 0.29) is 10.7 Å². The Balaban J connectivity index is 2.33. The van der Waals surface area contributed by atoms with Crippen LogP contribution in [0.3, 0.4) is 0 Å². The van der Waals surface area contributed by atoms with Crippen LogP contribution in [0.4, 0.5) is 10.2 Å². The summed E-state index contributed by atoms with van der Waals surface area (Å²) < 4.78 is 39.0. The number of nitrogens with zero attached hydrogens (tertiary/aromatic N) is 1.